The molecular formula is C18H17NO. The van der Waals surface area contributed by atoms with E-state index in [2.05, 4.69) is 36.7 Å². The molecule has 1 heterocycles. The van der Waals surface area contributed by atoms with Gasteiger partial charge in [0.2, 0.25) is 5.90 Å². The molecule has 0 radical (unpaired) electrons. The van der Waals surface area contributed by atoms with E-state index in [4.69, 9.17) is 4.74 Å². The van der Waals surface area contributed by atoms with E-state index >= 15 is 0 Å². The molecule has 0 bridgehead atoms. The molecule has 0 N–H and O–H groups in total. The summed E-state index contributed by atoms with van der Waals surface area (Å²) in [5.41, 5.74) is 4.34. The van der Waals surface area contributed by atoms with E-state index in [-0.39, 0.29) is 6.10 Å². The summed E-state index contributed by atoms with van der Waals surface area (Å²) in [6.07, 6.45) is -0.0630. The van der Waals surface area contributed by atoms with E-state index < -0.39 is 0 Å². The summed E-state index contributed by atoms with van der Waals surface area (Å²) >= 11 is 0. The van der Waals surface area contributed by atoms with Crippen LogP contribution < -0.4 is 0 Å². The van der Waals surface area contributed by atoms with Crippen LogP contribution in [0.15, 0.2) is 66.2 Å². The Hall–Kier alpha value is -2.35. The topological polar surface area (TPSA) is 21.6 Å². The van der Waals surface area contributed by atoms with Crippen molar-refractivity contribution in [2.75, 3.05) is 6.54 Å². The van der Waals surface area contributed by atoms with Crippen molar-refractivity contribution in [2.45, 2.75) is 13.0 Å². The molecule has 0 fully saturated rings. The molecule has 1 atom stereocenters. The molecule has 2 heteroatoms. The third kappa shape index (κ3) is 2.37. The first-order valence-electron chi connectivity index (χ1n) is 6.77. The Kier molecular flexibility index (Phi) is 3.38. The molecule has 2 aromatic carbocycles. The van der Waals surface area contributed by atoms with Crippen LogP contribution in [-0.4, -0.2) is 18.5 Å². The van der Waals surface area contributed by atoms with Crippen molar-refractivity contribution < 1.29 is 4.74 Å². The van der Waals surface area contributed by atoms with Crippen LogP contribution in [0.25, 0.3) is 5.57 Å². The molecule has 20 heavy (non-hydrogen) atoms. The van der Waals surface area contributed by atoms with Crippen LogP contribution in [0.5, 0.6) is 0 Å². The van der Waals surface area contributed by atoms with Gasteiger partial charge < -0.3 is 4.74 Å². The lowest BCUT2D eigenvalue weighted by Gasteiger charge is -2.15. The minimum atomic E-state index is -0.0630. The molecular weight excluding hydrogens is 246 g/mol. The van der Waals surface area contributed by atoms with Gasteiger partial charge in [-0.25, -0.2) is 4.99 Å². The maximum atomic E-state index is 5.99. The Morgan fingerprint density at radius 3 is 2.55 bits per heavy atom. The normalized spacial score (nSPS) is 17.4. The Morgan fingerprint density at radius 2 is 1.80 bits per heavy atom. The first kappa shape index (κ1) is 12.7. The van der Waals surface area contributed by atoms with E-state index in [9.17, 15) is 0 Å². The van der Waals surface area contributed by atoms with Crippen LogP contribution >= 0.6 is 0 Å². The fourth-order valence-electron chi connectivity index (χ4n) is 2.36. The number of nitrogens with zero attached hydrogens (tertiary/aromatic N) is 1. The smallest absolute Gasteiger partial charge is 0.217 e. The highest BCUT2D eigenvalue weighted by molar-refractivity contribution is 5.97. The number of aliphatic imine (C=N–C) groups is 1. The molecule has 2 nitrogen and oxygen atoms in total. The van der Waals surface area contributed by atoms with Gasteiger partial charge in [-0.3, -0.25) is 0 Å². The highest BCUT2D eigenvalue weighted by atomic mass is 16.5. The Labute approximate surface area is 119 Å². The van der Waals surface area contributed by atoms with Gasteiger partial charge in [0.25, 0.3) is 0 Å². The van der Waals surface area contributed by atoms with E-state index in [1.165, 1.54) is 5.56 Å². The summed E-state index contributed by atoms with van der Waals surface area (Å²) in [6, 6.07) is 18.3. The summed E-state index contributed by atoms with van der Waals surface area (Å²) in [5.74, 6) is 0.727. The van der Waals surface area contributed by atoms with Crippen LogP contribution in [-0.2, 0) is 4.74 Å². The zero-order valence-corrected chi connectivity index (χ0v) is 11.5. The second-order valence-corrected chi connectivity index (χ2v) is 4.96. The molecule has 0 spiro atoms. The lowest BCUT2D eigenvalue weighted by Crippen LogP contribution is -2.15. The Balaban J connectivity index is 1.77. The lowest BCUT2D eigenvalue weighted by atomic mass is 10.0. The van der Waals surface area contributed by atoms with Gasteiger partial charge in [-0.2, -0.15) is 0 Å². The van der Waals surface area contributed by atoms with E-state index in [0.29, 0.717) is 6.54 Å². The fourth-order valence-corrected chi connectivity index (χ4v) is 2.36. The molecule has 2 aromatic rings. The second kappa shape index (κ2) is 5.33. The first-order chi connectivity index (χ1) is 9.75. The number of rotatable bonds is 3. The minimum Gasteiger partial charge on any atom is -0.467 e. The number of benzene rings is 2. The molecule has 0 unspecified atom stereocenters. The fraction of sp³-hybridized carbons (Fsp3) is 0.167. The van der Waals surface area contributed by atoms with Gasteiger partial charge in [0.05, 0.1) is 6.54 Å². The van der Waals surface area contributed by atoms with Crippen LogP contribution in [0.2, 0.25) is 0 Å². The monoisotopic (exact) mass is 263 g/mol. The molecule has 0 aliphatic carbocycles. The molecule has 3 rings (SSSR count). The van der Waals surface area contributed by atoms with Crippen molar-refractivity contribution in [3.05, 3.63) is 77.9 Å². The number of hydrogen-bond donors (Lipinski definition) is 0. The van der Waals surface area contributed by atoms with Gasteiger partial charge >= 0.3 is 0 Å². The van der Waals surface area contributed by atoms with Crippen molar-refractivity contribution in [3.63, 3.8) is 0 Å². The van der Waals surface area contributed by atoms with E-state index in [1.54, 1.807) is 0 Å². The molecule has 0 saturated heterocycles. The standard InChI is InChI=1S/C18H17NO/c1-13-8-6-7-11-16(13)18-19-12-17(20-18)14(2)15-9-4-3-5-10-15/h3-11,17H,2,12H2,1H3/t17-/m1/s1. The highest BCUT2D eigenvalue weighted by Gasteiger charge is 2.24. The molecule has 1 aliphatic heterocycles. The molecule has 0 saturated carbocycles. The average Bonchev–Trinajstić information content (AvgIpc) is 2.97. The molecule has 0 amide bonds. The van der Waals surface area contributed by atoms with E-state index in [1.807, 2.05) is 36.4 Å². The van der Waals surface area contributed by atoms with Crippen molar-refractivity contribution in [2.24, 2.45) is 4.99 Å². The molecule has 0 aromatic heterocycles. The highest BCUT2D eigenvalue weighted by Crippen LogP contribution is 2.25. The Morgan fingerprint density at radius 1 is 1.10 bits per heavy atom. The van der Waals surface area contributed by atoms with Crippen molar-refractivity contribution in [1.29, 1.82) is 0 Å². The van der Waals surface area contributed by atoms with Gasteiger partial charge in [-0.15, -0.1) is 0 Å². The summed E-state index contributed by atoms with van der Waals surface area (Å²) < 4.78 is 5.99. The van der Waals surface area contributed by atoms with Crippen molar-refractivity contribution in [3.8, 4) is 0 Å². The third-order valence-corrected chi connectivity index (χ3v) is 3.56. The predicted octanol–water partition coefficient (Wildman–Crippen LogP) is 3.85. The van der Waals surface area contributed by atoms with Gasteiger partial charge in [-0.1, -0.05) is 55.1 Å². The van der Waals surface area contributed by atoms with Crippen LogP contribution in [0, 0.1) is 6.92 Å². The second-order valence-electron chi connectivity index (χ2n) is 4.96. The zero-order valence-electron chi connectivity index (χ0n) is 11.5. The number of hydrogen-bond acceptors (Lipinski definition) is 2. The maximum Gasteiger partial charge on any atom is 0.217 e. The van der Waals surface area contributed by atoms with Gasteiger partial charge in [0, 0.05) is 5.56 Å². The minimum absolute atomic E-state index is 0.0630. The SMILES string of the molecule is C=C(c1ccccc1)[C@H]1CN=C(c2ccccc2C)O1. The molecule has 100 valence electrons. The Bertz CT molecular complexity index is 658. The zero-order chi connectivity index (χ0) is 13.9. The van der Waals surface area contributed by atoms with Crippen LogP contribution in [0.1, 0.15) is 16.7 Å². The maximum absolute atomic E-state index is 5.99. The predicted molar refractivity (Wildman–Crippen MR) is 82.9 cm³/mol. The van der Waals surface area contributed by atoms with Crippen LogP contribution in [0.3, 0.4) is 0 Å². The molecule has 1 aliphatic rings. The number of ether oxygens (including phenoxy) is 1. The quantitative estimate of drug-likeness (QED) is 0.824. The largest absolute Gasteiger partial charge is 0.467 e. The van der Waals surface area contributed by atoms with Crippen LogP contribution in [0.4, 0.5) is 0 Å². The van der Waals surface area contributed by atoms with Crippen molar-refractivity contribution >= 4 is 11.5 Å². The summed E-state index contributed by atoms with van der Waals surface area (Å²) in [4.78, 5) is 4.53. The lowest BCUT2D eigenvalue weighted by molar-refractivity contribution is 0.284. The average molecular weight is 263 g/mol. The number of aryl methyl sites for hydroxylation is 1. The van der Waals surface area contributed by atoms with Gasteiger partial charge in [-0.05, 0) is 29.7 Å². The summed E-state index contributed by atoms with van der Waals surface area (Å²) in [6.45, 7) is 6.87. The van der Waals surface area contributed by atoms with Crippen molar-refractivity contribution in [1.82, 2.24) is 0 Å². The van der Waals surface area contributed by atoms with E-state index in [0.717, 1.165) is 22.6 Å². The third-order valence-electron chi connectivity index (χ3n) is 3.56. The van der Waals surface area contributed by atoms with Gasteiger partial charge in [0.1, 0.15) is 6.10 Å². The summed E-state index contributed by atoms with van der Waals surface area (Å²) in [5, 5.41) is 0. The first-order valence-corrected chi connectivity index (χ1v) is 6.77. The van der Waals surface area contributed by atoms with Gasteiger partial charge in [0.15, 0.2) is 0 Å². The summed E-state index contributed by atoms with van der Waals surface area (Å²) in [7, 11) is 0.